The molecule has 0 heterocycles. The highest BCUT2D eigenvalue weighted by Crippen LogP contribution is 2.09. The minimum atomic E-state index is -1.13. The molecule has 0 aliphatic heterocycles. The number of rotatable bonds is 15. The van der Waals surface area contributed by atoms with Crippen molar-refractivity contribution < 1.29 is 29.0 Å². The van der Waals surface area contributed by atoms with Crippen molar-refractivity contribution in [2.24, 2.45) is 0 Å². The standard InChI is InChI=1S/C20H32O6/c1-3-5-7-9-14-25-19(23)16-17(12-11-13-18(21)22)20(24)26-15-10-8-6-4-2/h11-13H,3-10,14-16H2,1-2H3,(H,21,22). The van der Waals surface area contributed by atoms with Crippen LogP contribution in [0.3, 0.4) is 0 Å². The first-order chi connectivity index (χ1) is 12.5. The molecular formula is C20H32O6. The zero-order valence-corrected chi connectivity index (χ0v) is 16.0. The van der Waals surface area contributed by atoms with E-state index in [1.54, 1.807) is 0 Å². The summed E-state index contributed by atoms with van der Waals surface area (Å²) in [4.78, 5) is 34.6. The van der Waals surface area contributed by atoms with Gasteiger partial charge in [0.15, 0.2) is 0 Å². The molecule has 0 radical (unpaired) electrons. The van der Waals surface area contributed by atoms with Crippen LogP contribution >= 0.6 is 0 Å². The maximum atomic E-state index is 12.1. The molecular weight excluding hydrogens is 336 g/mol. The first-order valence-corrected chi connectivity index (χ1v) is 9.44. The van der Waals surface area contributed by atoms with Crippen molar-refractivity contribution in [3.8, 4) is 0 Å². The van der Waals surface area contributed by atoms with Crippen molar-refractivity contribution in [2.45, 2.75) is 71.6 Å². The molecule has 1 N–H and O–H groups in total. The second kappa shape index (κ2) is 16.4. The maximum Gasteiger partial charge on any atom is 0.334 e. The lowest BCUT2D eigenvalue weighted by atomic mass is 10.1. The summed E-state index contributed by atoms with van der Waals surface area (Å²) in [6.45, 7) is 4.80. The summed E-state index contributed by atoms with van der Waals surface area (Å²) in [6, 6.07) is 0. The summed E-state index contributed by atoms with van der Waals surface area (Å²) in [5.74, 6) is -2.26. The Kier molecular flexibility index (Phi) is 15.0. The Hall–Kier alpha value is -2.11. The summed E-state index contributed by atoms with van der Waals surface area (Å²) in [5, 5.41) is 8.63. The molecule has 0 bridgehead atoms. The second-order valence-electron chi connectivity index (χ2n) is 6.04. The fourth-order valence-electron chi connectivity index (χ4n) is 2.15. The molecule has 148 valence electrons. The van der Waals surface area contributed by atoms with Crippen LogP contribution in [-0.2, 0) is 23.9 Å². The maximum absolute atomic E-state index is 12.1. The van der Waals surface area contributed by atoms with E-state index < -0.39 is 17.9 Å². The van der Waals surface area contributed by atoms with Crippen LogP contribution in [0.1, 0.15) is 71.6 Å². The number of aliphatic carboxylic acids is 1. The van der Waals surface area contributed by atoms with Crippen molar-refractivity contribution in [3.63, 3.8) is 0 Å². The Morgan fingerprint density at radius 1 is 0.846 bits per heavy atom. The van der Waals surface area contributed by atoms with E-state index in [9.17, 15) is 14.4 Å². The molecule has 0 aliphatic rings. The van der Waals surface area contributed by atoms with Gasteiger partial charge in [0.1, 0.15) is 0 Å². The van der Waals surface area contributed by atoms with Crippen LogP contribution in [0.5, 0.6) is 0 Å². The molecule has 0 unspecified atom stereocenters. The molecule has 0 aromatic carbocycles. The summed E-state index contributed by atoms with van der Waals surface area (Å²) in [5.41, 5.74) is 0.0940. The molecule has 0 aromatic rings. The monoisotopic (exact) mass is 368 g/mol. The number of ether oxygens (including phenoxy) is 2. The third kappa shape index (κ3) is 14.3. The number of carboxylic acids is 1. The van der Waals surface area contributed by atoms with Crippen LogP contribution in [-0.4, -0.2) is 36.2 Å². The minimum Gasteiger partial charge on any atom is -0.478 e. The van der Waals surface area contributed by atoms with Gasteiger partial charge in [0.2, 0.25) is 0 Å². The molecule has 6 nitrogen and oxygen atoms in total. The average molecular weight is 368 g/mol. The van der Waals surface area contributed by atoms with Crippen molar-refractivity contribution >= 4 is 17.9 Å². The number of unbranched alkanes of at least 4 members (excludes halogenated alkanes) is 6. The van der Waals surface area contributed by atoms with Crippen LogP contribution in [0.4, 0.5) is 0 Å². The lowest BCUT2D eigenvalue weighted by Gasteiger charge is -2.08. The fourth-order valence-corrected chi connectivity index (χ4v) is 2.15. The van der Waals surface area contributed by atoms with Crippen LogP contribution in [0.15, 0.2) is 23.8 Å². The van der Waals surface area contributed by atoms with Crippen LogP contribution < -0.4 is 0 Å². The second-order valence-corrected chi connectivity index (χ2v) is 6.04. The molecule has 26 heavy (non-hydrogen) atoms. The SMILES string of the molecule is CCCCCCOC(=O)CC(=CC=CC(=O)O)C(=O)OCCCCCC. The highest BCUT2D eigenvalue weighted by Gasteiger charge is 2.16. The zero-order valence-electron chi connectivity index (χ0n) is 16.0. The Balaban J connectivity index is 4.52. The lowest BCUT2D eigenvalue weighted by molar-refractivity contribution is -0.146. The van der Waals surface area contributed by atoms with E-state index in [1.165, 1.54) is 12.2 Å². The van der Waals surface area contributed by atoms with Crippen LogP contribution in [0.25, 0.3) is 0 Å². The molecule has 0 rings (SSSR count). The number of hydrogen-bond acceptors (Lipinski definition) is 5. The third-order valence-electron chi connectivity index (χ3n) is 3.63. The van der Waals surface area contributed by atoms with Gasteiger partial charge in [-0.15, -0.1) is 0 Å². The fraction of sp³-hybridized carbons (Fsp3) is 0.650. The van der Waals surface area contributed by atoms with Gasteiger partial charge in [0.25, 0.3) is 0 Å². The Morgan fingerprint density at radius 3 is 1.96 bits per heavy atom. The summed E-state index contributed by atoms with van der Waals surface area (Å²) in [6.07, 6.45) is 11.0. The Morgan fingerprint density at radius 2 is 1.42 bits per heavy atom. The first kappa shape index (κ1) is 23.9. The number of carbonyl (C=O) groups excluding carboxylic acids is 2. The van der Waals surface area contributed by atoms with E-state index in [1.807, 2.05) is 0 Å². The number of allylic oxidation sites excluding steroid dienone is 2. The van der Waals surface area contributed by atoms with E-state index in [4.69, 9.17) is 14.6 Å². The quantitative estimate of drug-likeness (QED) is 0.202. The number of esters is 2. The normalized spacial score (nSPS) is 11.5. The van der Waals surface area contributed by atoms with Crippen molar-refractivity contribution in [1.29, 1.82) is 0 Å². The lowest BCUT2D eigenvalue weighted by Crippen LogP contribution is -2.15. The van der Waals surface area contributed by atoms with Gasteiger partial charge in [-0.2, -0.15) is 0 Å². The van der Waals surface area contributed by atoms with Crippen molar-refractivity contribution in [2.75, 3.05) is 13.2 Å². The number of hydrogen-bond donors (Lipinski definition) is 1. The van der Waals surface area contributed by atoms with E-state index in [0.717, 1.165) is 57.4 Å². The Bertz CT molecular complexity index is 479. The zero-order chi connectivity index (χ0) is 19.6. The number of carbonyl (C=O) groups is 3. The highest BCUT2D eigenvalue weighted by atomic mass is 16.5. The predicted molar refractivity (Wildman–Crippen MR) is 99.7 cm³/mol. The molecule has 0 aromatic heterocycles. The average Bonchev–Trinajstić information content (AvgIpc) is 2.60. The summed E-state index contributed by atoms with van der Waals surface area (Å²) < 4.78 is 10.3. The largest absolute Gasteiger partial charge is 0.478 e. The van der Waals surface area contributed by atoms with Gasteiger partial charge in [-0.25, -0.2) is 9.59 Å². The highest BCUT2D eigenvalue weighted by molar-refractivity contribution is 5.94. The van der Waals surface area contributed by atoms with E-state index in [2.05, 4.69) is 13.8 Å². The van der Waals surface area contributed by atoms with Gasteiger partial charge in [-0.3, -0.25) is 4.79 Å². The van der Waals surface area contributed by atoms with Gasteiger partial charge in [-0.05, 0) is 12.8 Å². The first-order valence-electron chi connectivity index (χ1n) is 9.44. The number of carboxylic acid groups (broad SMARTS) is 1. The van der Waals surface area contributed by atoms with Crippen molar-refractivity contribution in [1.82, 2.24) is 0 Å². The van der Waals surface area contributed by atoms with Crippen LogP contribution in [0.2, 0.25) is 0 Å². The molecule has 0 aliphatic carbocycles. The smallest absolute Gasteiger partial charge is 0.334 e. The molecule has 0 saturated heterocycles. The van der Waals surface area contributed by atoms with Crippen molar-refractivity contribution in [3.05, 3.63) is 23.8 Å². The third-order valence-corrected chi connectivity index (χ3v) is 3.63. The van der Waals surface area contributed by atoms with Gasteiger partial charge in [-0.1, -0.05) is 64.5 Å². The molecule has 0 saturated carbocycles. The van der Waals surface area contributed by atoms with E-state index in [0.29, 0.717) is 6.61 Å². The summed E-state index contributed by atoms with van der Waals surface area (Å²) in [7, 11) is 0. The minimum absolute atomic E-state index is 0.0940. The molecule has 0 fully saturated rings. The predicted octanol–water partition coefficient (Wildman–Crippen LogP) is 4.19. The van der Waals surface area contributed by atoms with Gasteiger partial charge < -0.3 is 14.6 Å². The van der Waals surface area contributed by atoms with Gasteiger partial charge in [0.05, 0.1) is 19.6 Å². The molecule has 0 atom stereocenters. The Labute approximate surface area is 156 Å². The molecule has 0 amide bonds. The summed E-state index contributed by atoms with van der Waals surface area (Å²) >= 11 is 0. The van der Waals surface area contributed by atoms with E-state index >= 15 is 0 Å². The van der Waals surface area contributed by atoms with Crippen LogP contribution in [0, 0.1) is 0 Å². The van der Waals surface area contributed by atoms with E-state index in [-0.39, 0.29) is 18.6 Å². The molecule has 6 heteroatoms. The van der Waals surface area contributed by atoms with Gasteiger partial charge >= 0.3 is 17.9 Å². The topological polar surface area (TPSA) is 89.9 Å². The molecule has 0 spiro atoms. The van der Waals surface area contributed by atoms with Gasteiger partial charge in [0, 0.05) is 11.6 Å².